The van der Waals surface area contributed by atoms with Crippen LogP contribution < -0.4 is 11.1 Å². The number of hydrogen-bond acceptors (Lipinski definition) is 2. The topological polar surface area (TPSA) is 55.1 Å². The van der Waals surface area contributed by atoms with E-state index in [0.29, 0.717) is 25.1 Å². The highest BCUT2D eigenvalue weighted by atomic mass is 19.1. The number of hydrogen-bond donors (Lipinski definition) is 2. The lowest BCUT2D eigenvalue weighted by atomic mass is 10.1. The molecule has 0 saturated heterocycles. The Morgan fingerprint density at radius 3 is 2.95 bits per heavy atom. The average molecular weight is 268 g/mol. The van der Waals surface area contributed by atoms with Crippen molar-refractivity contribution in [1.82, 2.24) is 5.32 Å². The number of amides is 1. The molecule has 3 nitrogen and oxygen atoms in total. The average Bonchev–Trinajstić information content (AvgIpc) is 3.18. The number of rotatable bonds is 5. The molecule has 104 valence electrons. The number of benzene rings is 1. The maximum atomic E-state index is 13.6. The van der Waals surface area contributed by atoms with Crippen LogP contribution >= 0.6 is 0 Å². The molecular formula is C14H18F2N2O. The molecule has 3 atom stereocenters. The minimum absolute atomic E-state index is 0.103. The van der Waals surface area contributed by atoms with E-state index in [1.807, 2.05) is 6.92 Å². The second-order valence-corrected chi connectivity index (χ2v) is 5.20. The van der Waals surface area contributed by atoms with Gasteiger partial charge in [-0.25, -0.2) is 8.78 Å². The van der Waals surface area contributed by atoms with Crippen LogP contribution in [0.3, 0.4) is 0 Å². The third kappa shape index (κ3) is 3.29. The van der Waals surface area contributed by atoms with E-state index in [9.17, 15) is 13.6 Å². The van der Waals surface area contributed by atoms with Crippen LogP contribution in [0.25, 0.3) is 0 Å². The Balaban J connectivity index is 1.93. The van der Waals surface area contributed by atoms with Gasteiger partial charge in [0.2, 0.25) is 5.91 Å². The third-order valence-electron chi connectivity index (χ3n) is 3.51. The molecule has 0 aromatic heterocycles. The Bertz CT molecular complexity index is 479. The first-order valence-corrected chi connectivity index (χ1v) is 6.45. The van der Waals surface area contributed by atoms with Gasteiger partial charge in [-0.15, -0.1) is 0 Å². The van der Waals surface area contributed by atoms with Crippen molar-refractivity contribution in [2.24, 2.45) is 17.6 Å². The second-order valence-electron chi connectivity index (χ2n) is 5.20. The summed E-state index contributed by atoms with van der Waals surface area (Å²) in [7, 11) is 0. The molecule has 1 aromatic rings. The van der Waals surface area contributed by atoms with Gasteiger partial charge in [-0.2, -0.15) is 0 Å². The zero-order valence-electron chi connectivity index (χ0n) is 10.8. The number of carbonyl (C=O) groups excluding carboxylic acids is 1. The molecular weight excluding hydrogens is 250 g/mol. The predicted octanol–water partition coefficient (Wildman–Crippen LogP) is 1.78. The molecule has 0 aliphatic heterocycles. The Kier molecular flexibility index (Phi) is 4.14. The first-order valence-electron chi connectivity index (χ1n) is 6.45. The Morgan fingerprint density at radius 2 is 2.26 bits per heavy atom. The molecule has 3 N–H and O–H groups in total. The van der Waals surface area contributed by atoms with Gasteiger partial charge in [0, 0.05) is 12.5 Å². The summed E-state index contributed by atoms with van der Waals surface area (Å²) in [6.45, 7) is 2.97. The van der Waals surface area contributed by atoms with E-state index in [-0.39, 0.29) is 23.7 Å². The Labute approximate surface area is 111 Å². The molecule has 1 aliphatic carbocycles. The van der Waals surface area contributed by atoms with Crippen LogP contribution in [0.4, 0.5) is 8.78 Å². The van der Waals surface area contributed by atoms with Crippen molar-refractivity contribution in [3.05, 3.63) is 35.4 Å². The van der Waals surface area contributed by atoms with Crippen LogP contribution in [0, 0.1) is 23.5 Å². The van der Waals surface area contributed by atoms with E-state index in [0.717, 1.165) is 12.1 Å². The van der Waals surface area contributed by atoms with Crippen molar-refractivity contribution < 1.29 is 13.6 Å². The van der Waals surface area contributed by atoms with Gasteiger partial charge in [0.1, 0.15) is 11.6 Å². The maximum Gasteiger partial charge on any atom is 0.223 e. The monoisotopic (exact) mass is 268 g/mol. The van der Waals surface area contributed by atoms with Crippen LogP contribution in [-0.2, 0) is 4.79 Å². The van der Waals surface area contributed by atoms with Crippen molar-refractivity contribution in [2.75, 3.05) is 13.1 Å². The summed E-state index contributed by atoms with van der Waals surface area (Å²) in [5, 5.41) is 2.79. The van der Waals surface area contributed by atoms with Crippen molar-refractivity contribution in [3.8, 4) is 0 Å². The maximum absolute atomic E-state index is 13.6. The second kappa shape index (κ2) is 5.65. The summed E-state index contributed by atoms with van der Waals surface area (Å²) in [4.78, 5) is 11.8. The summed E-state index contributed by atoms with van der Waals surface area (Å²) < 4.78 is 26.6. The first-order chi connectivity index (χ1) is 9.02. The Morgan fingerprint density at radius 1 is 1.53 bits per heavy atom. The van der Waals surface area contributed by atoms with E-state index in [2.05, 4.69) is 5.32 Å². The molecule has 0 bridgehead atoms. The fraction of sp³-hybridized carbons (Fsp3) is 0.500. The molecule has 2 rings (SSSR count). The van der Waals surface area contributed by atoms with E-state index in [1.165, 1.54) is 6.07 Å². The van der Waals surface area contributed by atoms with Gasteiger partial charge >= 0.3 is 0 Å². The number of nitrogens with one attached hydrogen (secondary N) is 1. The third-order valence-corrected chi connectivity index (χ3v) is 3.51. The van der Waals surface area contributed by atoms with Crippen LogP contribution in [0.1, 0.15) is 24.8 Å². The normalized spacial score (nSPS) is 22.9. The van der Waals surface area contributed by atoms with E-state index >= 15 is 0 Å². The summed E-state index contributed by atoms with van der Waals surface area (Å²) in [6.07, 6.45) is 0.573. The number of halogens is 2. The molecule has 1 fully saturated rings. The highest BCUT2D eigenvalue weighted by molar-refractivity contribution is 5.82. The van der Waals surface area contributed by atoms with Crippen LogP contribution in [0.15, 0.2) is 18.2 Å². The lowest BCUT2D eigenvalue weighted by Gasteiger charge is -2.10. The summed E-state index contributed by atoms with van der Waals surface area (Å²) >= 11 is 0. The molecule has 0 heterocycles. The minimum atomic E-state index is -0.473. The van der Waals surface area contributed by atoms with Crippen molar-refractivity contribution >= 4 is 5.91 Å². The highest BCUT2D eigenvalue weighted by Gasteiger charge is 2.45. The van der Waals surface area contributed by atoms with Gasteiger partial charge in [0.25, 0.3) is 0 Å². The molecule has 3 unspecified atom stereocenters. The van der Waals surface area contributed by atoms with E-state index in [1.54, 1.807) is 0 Å². The molecule has 0 radical (unpaired) electrons. The molecule has 1 saturated carbocycles. The lowest BCUT2D eigenvalue weighted by molar-refractivity contribution is -0.122. The highest BCUT2D eigenvalue weighted by Crippen LogP contribution is 2.48. The van der Waals surface area contributed by atoms with Gasteiger partial charge < -0.3 is 11.1 Å². The quantitative estimate of drug-likeness (QED) is 0.855. The number of carbonyl (C=O) groups is 1. The summed E-state index contributed by atoms with van der Waals surface area (Å²) in [6, 6.07) is 3.36. The fourth-order valence-electron chi connectivity index (χ4n) is 2.12. The molecule has 1 aliphatic rings. The molecule has 0 spiro atoms. The van der Waals surface area contributed by atoms with Gasteiger partial charge in [0.05, 0.1) is 0 Å². The van der Waals surface area contributed by atoms with Gasteiger partial charge in [-0.05, 0) is 48.6 Å². The van der Waals surface area contributed by atoms with Crippen molar-refractivity contribution in [1.29, 1.82) is 0 Å². The van der Waals surface area contributed by atoms with Crippen LogP contribution in [-0.4, -0.2) is 19.0 Å². The molecule has 5 heteroatoms. The summed E-state index contributed by atoms with van der Waals surface area (Å²) in [5.41, 5.74) is 5.76. The standard InChI is InChI=1S/C14H18F2N2O/c1-8(6-17)7-18-14(19)12-5-10(12)11-4-9(15)2-3-13(11)16/h2-4,8,10,12H,5-7,17H2,1H3,(H,18,19). The zero-order chi connectivity index (χ0) is 14.0. The smallest absolute Gasteiger partial charge is 0.223 e. The molecule has 1 amide bonds. The first kappa shape index (κ1) is 13.9. The Hall–Kier alpha value is -1.49. The van der Waals surface area contributed by atoms with E-state index in [4.69, 9.17) is 5.73 Å². The lowest BCUT2D eigenvalue weighted by Crippen LogP contribution is -2.32. The van der Waals surface area contributed by atoms with Crippen molar-refractivity contribution in [3.63, 3.8) is 0 Å². The largest absolute Gasteiger partial charge is 0.356 e. The van der Waals surface area contributed by atoms with Crippen molar-refractivity contribution in [2.45, 2.75) is 19.3 Å². The minimum Gasteiger partial charge on any atom is -0.356 e. The number of nitrogens with two attached hydrogens (primary N) is 1. The fourth-order valence-corrected chi connectivity index (χ4v) is 2.12. The SMILES string of the molecule is CC(CN)CNC(=O)C1CC1c1cc(F)ccc1F. The molecule has 19 heavy (non-hydrogen) atoms. The van der Waals surface area contributed by atoms with Gasteiger partial charge in [0.15, 0.2) is 0 Å². The van der Waals surface area contributed by atoms with Crippen LogP contribution in [0.2, 0.25) is 0 Å². The zero-order valence-corrected chi connectivity index (χ0v) is 10.8. The summed E-state index contributed by atoms with van der Waals surface area (Å²) in [5.74, 6) is -1.26. The van der Waals surface area contributed by atoms with Gasteiger partial charge in [-0.1, -0.05) is 6.92 Å². The van der Waals surface area contributed by atoms with E-state index < -0.39 is 11.6 Å². The van der Waals surface area contributed by atoms with Crippen LogP contribution in [0.5, 0.6) is 0 Å². The molecule has 1 aromatic carbocycles. The van der Waals surface area contributed by atoms with Gasteiger partial charge in [-0.3, -0.25) is 4.79 Å². The predicted molar refractivity (Wildman–Crippen MR) is 68.4 cm³/mol.